The van der Waals surface area contributed by atoms with Crippen molar-refractivity contribution in [3.63, 3.8) is 0 Å². The number of nitrogen functional groups attached to an aromatic ring is 1. The molecule has 24 heavy (non-hydrogen) atoms. The van der Waals surface area contributed by atoms with Crippen molar-refractivity contribution in [2.24, 2.45) is 0 Å². The fourth-order valence-electron chi connectivity index (χ4n) is 2.67. The number of nitrogens with one attached hydrogen (secondary N) is 1. The molecule has 1 heterocycles. The van der Waals surface area contributed by atoms with Crippen LogP contribution >= 0.6 is 0 Å². The highest BCUT2D eigenvalue weighted by atomic mass is 16.5. The van der Waals surface area contributed by atoms with Crippen molar-refractivity contribution in [3.8, 4) is 0 Å². The number of aromatic nitrogens is 1. The van der Waals surface area contributed by atoms with E-state index in [2.05, 4.69) is 22.6 Å². The van der Waals surface area contributed by atoms with Crippen LogP contribution in [-0.2, 0) is 14.9 Å². The zero-order valence-electron chi connectivity index (χ0n) is 13.4. The zero-order valence-corrected chi connectivity index (χ0v) is 13.4. The summed E-state index contributed by atoms with van der Waals surface area (Å²) in [4.78, 5) is 23.8. The number of rotatable bonds is 6. The van der Waals surface area contributed by atoms with Crippen LogP contribution in [0.25, 0.3) is 0 Å². The first-order chi connectivity index (χ1) is 11.5. The van der Waals surface area contributed by atoms with E-state index in [-0.39, 0.29) is 29.4 Å². The van der Waals surface area contributed by atoms with Gasteiger partial charge in [0.25, 0.3) is 5.91 Å². The topological polar surface area (TPSA) is 107 Å². The van der Waals surface area contributed by atoms with Gasteiger partial charge in [-0.2, -0.15) is 0 Å². The molecule has 1 amide bonds. The molecule has 7 nitrogen and oxygen atoms in total. The van der Waals surface area contributed by atoms with Gasteiger partial charge in [0.1, 0.15) is 5.56 Å². The Morgan fingerprint density at radius 3 is 2.62 bits per heavy atom. The molecule has 1 aromatic heterocycles. The molecule has 0 aliphatic heterocycles. The lowest BCUT2D eigenvalue weighted by Gasteiger charge is -2.16. The van der Waals surface area contributed by atoms with Gasteiger partial charge < -0.3 is 20.3 Å². The zero-order chi connectivity index (χ0) is 17.2. The molecule has 1 aliphatic rings. The van der Waals surface area contributed by atoms with Gasteiger partial charge in [-0.1, -0.05) is 35.5 Å². The second-order valence-electron chi connectivity index (χ2n) is 6.01. The number of carbonyl (C=O) groups excluding carboxylic acids is 2. The van der Waals surface area contributed by atoms with Gasteiger partial charge in [0.15, 0.2) is 6.61 Å². The summed E-state index contributed by atoms with van der Waals surface area (Å²) in [5.74, 6) is -1.18. The van der Waals surface area contributed by atoms with E-state index >= 15 is 0 Å². The van der Waals surface area contributed by atoms with Crippen LogP contribution in [0.5, 0.6) is 0 Å². The number of hydrogen-bond acceptors (Lipinski definition) is 6. The first kappa shape index (κ1) is 16.0. The van der Waals surface area contributed by atoms with E-state index in [0.717, 1.165) is 12.8 Å². The van der Waals surface area contributed by atoms with Gasteiger partial charge in [0.05, 0.1) is 5.69 Å². The highest BCUT2D eigenvalue weighted by molar-refractivity contribution is 5.96. The van der Waals surface area contributed by atoms with Crippen molar-refractivity contribution >= 4 is 17.8 Å². The Balaban J connectivity index is 1.49. The molecule has 0 atom stereocenters. The maximum Gasteiger partial charge on any atom is 0.346 e. The highest BCUT2D eigenvalue weighted by Crippen LogP contribution is 2.47. The number of carbonyl (C=O) groups is 2. The Morgan fingerprint density at radius 1 is 1.33 bits per heavy atom. The number of benzene rings is 1. The smallest absolute Gasteiger partial charge is 0.346 e. The van der Waals surface area contributed by atoms with Gasteiger partial charge >= 0.3 is 5.97 Å². The Kier molecular flexibility index (Phi) is 4.24. The molecule has 126 valence electrons. The third-order valence-electron chi connectivity index (χ3n) is 4.29. The second kappa shape index (κ2) is 6.35. The summed E-state index contributed by atoms with van der Waals surface area (Å²) >= 11 is 0. The lowest BCUT2D eigenvalue weighted by atomic mass is 9.96. The van der Waals surface area contributed by atoms with E-state index < -0.39 is 5.97 Å². The Bertz CT molecular complexity index is 731. The molecule has 1 aliphatic carbocycles. The average Bonchev–Trinajstić information content (AvgIpc) is 3.31. The normalized spacial score (nSPS) is 14.9. The molecular formula is C17H19N3O4. The standard InChI is InChI=1S/C17H19N3O4/c1-11-14(15(18)24-20-11)16(22)23-9-13(21)19-10-17(7-8-17)12-5-3-2-4-6-12/h2-6H,7-10,18H2,1H3,(H,19,21). The maximum absolute atomic E-state index is 11.9. The summed E-state index contributed by atoms with van der Waals surface area (Å²) in [5.41, 5.74) is 7.13. The summed E-state index contributed by atoms with van der Waals surface area (Å²) < 4.78 is 9.67. The Hall–Kier alpha value is -2.83. The largest absolute Gasteiger partial charge is 0.452 e. The van der Waals surface area contributed by atoms with Gasteiger partial charge in [0, 0.05) is 12.0 Å². The number of nitrogens with two attached hydrogens (primary N) is 1. The van der Waals surface area contributed by atoms with Gasteiger partial charge in [-0.3, -0.25) is 4.79 Å². The van der Waals surface area contributed by atoms with E-state index in [0.29, 0.717) is 12.2 Å². The molecular weight excluding hydrogens is 310 g/mol. The molecule has 0 radical (unpaired) electrons. The van der Waals surface area contributed by atoms with Crippen LogP contribution < -0.4 is 11.1 Å². The lowest BCUT2D eigenvalue weighted by Crippen LogP contribution is -2.35. The van der Waals surface area contributed by atoms with Crippen molar-refractivity contribution in [1.29, 1.82) is 0 Å². The molecule has 7 heteroatoms. The predicted octanol–water partition coefficient (Wildman–Crippen LogP) is 1.57. The predicted molar refractivity (Wildman–Crippen MR) is 86.3 cm³/mol. The summed E-state index contributed by atoms with van der Waals surface area (Å²) in [6, 6.07) is 10.1. The molecule has 2 aromatic rings. The number of esters is 1. The number of aryl methyl sites for hydroxylation is 1. The molecule has 1 saturated carbocycles. The number of anilines is 1. The van der Waals surface area contributed by atoms with Crippen LogP contribution in [0.4, 0.5) is 5.88 Å². The minimum atomic E-state index is -0.717. The number of amides is 1. The third kappa shape index (κ3) is 3.24. The van der Waals surface area contributed by atoms with Crippen LogP contribution in [0, 0.1) is 6.92 Å². The fourth-order valence-corrected chi connectivity index (χ4v) is 2.67. The maximum atomic E-state index is 11.9. The SMILES string of the molecule is Cc1noc(N)c1C(=O)OCC(=O)NCC1(c2ccccc2)CC1. The Morgan fingerprint density at radius 2 is 2.04 bits per heavy atom. The lowest BCUT2D eigenvalue weighted by molar-refractivity contribution is -0.124. The number of ether oxygens (including phenoxy) is 1. The summed E-state index contributed by atoms with van der Waals surface area (Å²) in [6.45, 7) is 1.74. The van der Waals surface area contributed by atoms with Crippen molar-refractivity contribution < 1.29 is 18.8 Å². The highest BCUT2D eigenvalue weighted by Gasteiger charge is 2.44. The first-order valence-electron chi connectivity index (χ1n) is 7.73. The molecule has 1 fully saturated rings. The minimum absolute atomic E-state index is 0.0103. The van der Waals surface area contributed by atoms with Crippen molar-refractivity contribution in [2.75, 3.05) is 18.9 Å². The first-order valence-corrected chi connectivity index (χ1v) is 7.73. The average molecular weight is 329 g/mol. The van der Waals surface area contributed by atoms with Crippen molar-refractivity contribution in [1.82, 2.24) is 10.5 Å². The quantitative estimate of drug-likeness (QED) is 0.779. The van der Waals surface area contributed by atoms with E-state index in [1.54, 1.807) is 6.92 Å². The monoisotopic (exact) mass is 329 g/mol. The van der Waals surface area contributed by atoms with Crippen LogP contribution in [-0.4, -0.2) is 30.2 Å². The summed E-state index contributed by atoms with van der Waals surface area (Å²) in [6.07, 6.45) is 2.07. The van der Waals surface area contributed by atoms with Gasteiger partial charge in [-0.25, -0.2) is 4.79 Å². The van der Waals surface area contributed by atoms with Crippen LogP contribution in [0.15, 0.2) is 34.9 Å². The molecule has 0 bridgehead atoms. The molecule has 3 rings (SSSR count). The van der Waals surface area contributed by atoms with Gasteiger partial charge in [0.2, 0.25) is 5.88 Å². The second-order valence-corrected chi connectivity index (χ2v) is 6.01. The van der Waals surface area contributed by atoms with Crippen LogP contribution in [0.1, 0.15) is 34.5 Å². The molecule has 1 aromatic carbocycles. The summed E-state index contributed by atoms with van der Waals surface area (Å²) in [7, 11) is 0. The third-order valence-corrected chi connectivity index (χ3v) is 4.29. The van der Waals surface area contributed by atoms with Gasteiger partial charge in [-0.15, -0.1) is 0 Å². The fraction of sp³-hybridized carbons (Fsp3) is 0.353. The van der Waals surface area contributed by atoms with E-state index in [4.69, 9.17) is 15.0 Å². The molecule has 3 N–H and O–H groups in total. The minimum Gasteiger partial charge on any atom is -0.452 e. The molecule has 0 unspecified atom stereocenters. The Labute approximate surface area is 139 Å². The van der Waals surface area contributed by atoms with E-state index in [1.807, 2.05) is 18.2 Å². The molecule has 0 spiro atoms. The van der Waals surface area contributed by atoms with Crippen LogP contribution in [0.2, 0.25) is 0 Å². The van der Waals surface area contributed by atoms with Crippen molar-refractivity contribution in [3.05, 3.63) is 47.2 Å². The number of nitrogens with zero attached hydrogens (tertiary/aromatic N) is 1. The molecule has 0 saturated heterocycles. The van der Waals surface area contributed by atoms with E-state index in [9.17, 15) is 9.59 Å². The van der Waals surface area contributed by atoms with Crippen molar-refractivity contribution in [2.45, 2.75) is 25.2 Å². The summed E-state index contributed by atoms with van der Waals surface area (Å²) in [5, 5.41) is 6.40. The van der Waals surface area contributed by atoms with E-state index in [1.165, 1.54) is 5.56 Å². The van der Waals surface area contributed by atoms with Crippen LogP contribution in [0.3, 0.4) is 0 Å². The van der Waals surface area contributed by atoms with Gasteiger partial charge in [-0.05, 0) is 25.3 Å². The number of hydrogen-bond donors (Lipinski definition) is 2.